The summed E-state index contributed by atoms with van der Waals surface area (Å²) in [6, 6.07) is 0.158. The third-order valence-corrected chi connectivity index (χ3v) is 5.12. The van der Waals surface area contributed by atoms with Gasteiger partial charge in [0.15, 0.2) is 0 Å². The Hall–Kier alpha value is -0.0900. The molecule has 4 heteroatoms. The summed E-state index contributed by atoms with van der Waals surface area (Å²) < 4.78 is 26.1. The molecule has 1 aliphatic carbocycles. The molecule has 3 atom stereocenters. The number of rotatable bonds is 4. The van der Waals surface area contributed by atoms with Gasteiger partial charge < -0.3 is 0 Å². The lowest BCUT2D eigenvalue weighted by atomic mass is 9.78. The summed E-state index contributed by atoms with van der Waals surface area (Å²) in [4.78, 5) is 0. The standard InChI is InChI=1S/C11H23NO2S/c1-4-8-15(13,14)12-11-7-5-6-9(2)10(11)3/h9-12H,4-8H2,1-3H3/t9-,10-,11+/m0/s1. The fourth-order valence-electron chi connectivity index (χ4n) is 2.31. The summed E-state index contributed by atoms with van der Waals surface area (Å²) in [6.45, 7) is 6.26. The molecule has 0 heterocycles. The molecule has 1 fully saturated rings. The second-order valence-corrected chi connectivity index (χ2v) is 6.68. The second kappa shape index (κ2) is 5.30. The average Bonchev–Trinajstić information content (AvgIpc) is 2.12. The largest absolute Gasteiger partial charge is 0.212 e. The molecule has 3 nitrogen and oxygen atoms in total. The Balaban J connectivity index is 2.57. The summed E-state index contributed by atoms with van der Waals surface area (Å²) in [5.74, 6) is 1.35. The normalized spacial score (nSPS) is 32.9. The van der Waals surface area contributed by atoms with Gasteiger partial charge in [-0.3, -0.25) is 0 Å². The zero-order chi connectivity index (χ0) is 11.5. The van der Waals surface area contributed by atoms with Crippen molar-refractivity contribution < 1.29 is 8.42 Å². The molecular weight excluding hydrogens is 210 g/mol. The SMILES string of the molecule is CCCS(=O)(=O)N[C@@H]1CCC[C@H](C)[C@@H]1C. The minimum Gasteiger partial charge on any atom is -0.212 e. The van der Waals surface area contributed by atoms with E-state index < -0.39 is 10.0 Å². The van der Waals surface area contributed by atoms with E-state index in [4.69, 9.17) is 0 Å². The Labute approximate surface area is 93.7 Å². The van der Waals surface area contributed by atoms with Crippen LogP contribution >= 0.6 is 0 Å². The number of nitrogens with one attached hydrogen (secondary N) is 1. The predicted octanol–water partition coefficient (Wildman–Crippen LogP) is 2.14. The van der Waals surface area contributed by atoms with Gasteiger partial charge in [-0.05, 0) is 24.7 Å². The Morgan fingerprint density at radius 2 is 1.93 bits per heavy atom. The molecule has 0 saturated heterocycles. The van der Waals surface area contributed by atoms with Crippen molar-refractivity contribution in [3.05, 3.63) is 0 Å². The van der Waals surface area contributed by atoms with Gasteiger partial charge >= 0.3 is 0 Å². The lowest BCUT2D eigenvalue weighted by Gasteiger charge is -2.34. The molecule has 0 bridgehead atoms. The smallest absolute Gasteiger partial charge is 0.211 e. The number of sulfonamides is 1. The van der Waals surface area contributed by atoms with Crippen molar-refractivity contribution in [2.45, 2.75) is 52.5 Å². The number of hydrogen-bond acceptors (Lipinski definition) is 2. The highest BCUT2D eigenvalue weighted by Crippen LogP contribution is 2.29. The van der Waals surface area contributed by atoms with Crippen molar-refractivity contribution in [2.24, 2.45) is 11.8 Å². The summed E-state index contributed by atoms with van der Waals surface area (Å²) in [7, 11) is -3.04. The molecule has 0 aromatic carbocycles. The fourth-order valence-corrected chi connectivity index (χ4v) is 3.76. The molecule has 90 valence electrons. The van der Waals surface area contributed by atoms with E-state index in [1.165, 1.54) is 6.42 Å². The molecule has 0 spiro atoms. The van der Waals surface area contributed by atoms with Crippen molar-refractivity contribution in [3.8, 4) is 0 Å². The molecule has 15 heavy (non-hydrogen) atoms. The van der Waals surface area contributed by atoms with E-state index in [1.807, 2.05) is 6.92 Å². The van der Waals surface area contributed by atoms with Crippen molar-refractivity contribution in [1.29, 1.82) is 0 Å². The van der Waals surface area contributed by atoms with E-state index in [1.54, 1.807) is 0 Å². The zero-order valence-corrected chi connectivity index (χ0v) is 10.8. The van der Waals surface area contributed by atoms with Crippen LogP contribution in [0.5, 0.6) is 0 Å². The maximum Gasteiger partial charge on any atom is 0.211 e. The molecule has 1 N–H and O–H groups in total. The van der Waals surface area contributed by atoms with E-state index in [2.05, 4.69) is 18.6 Å². The molecule has 0 amide bonds. The molecule has 0 aliphatic heterocycles. The quantitative estimate of drug-likeness (QED) is 0.808. The van der Waals surface area contributed by atoms with Gasteiger partial charge in [0.2, 0.25) is 10.0 Å². The first-order valence-electron chi connectivity index (χ1n) is 5.96. The van der Waals surface area contributed by atoms with Crippen LogP contribution in [0.15, 0.2) is 0 Å². The van der Waals surface area contributed by atoms with Crippen LogP contribution in [-0.4, -0.2) is 20.2 Å². The van der Waals surface area contributed by atoms with Crippen LogP contribution in [0.25, 0.3) is 0 Å². The zero-order valence-electron chi connectivity index (χ0n) is 9.99. The van der Waals surface area contributed by atoms with Crippen LogP contribution in [0.1, 0.15) is 46.5 Å². The van der Waals surface area contributed by atoms with Crippen molar-refractivity contribution >= 4 is 10.0 Å². The van der Waals surface area contributed by atoms with Crippen molar-refractivity contribution in [3.63, 3.8) is 0 Å². The first kappa shape index (κ1) is 13.0. The predicted molar refractivity (Wildman–Crippen MR) is 63.2 cm³/mol. The average molecular weight is 233 g/mol. The first-order valence-corrected chi connectivity index (χ1v) is 7.61. The molecule has 0 aromatic heterocycles. The molecule has 0 unspecified atom stereocenters. The van der Waals surface area contributed by atoms with Gasteiger partial charge in [-0.2, -0.15) is 0 Å². The van der Waals surface area contributed by atoms with Crippen LogP contribution in [0.4, 0.5) is 0 Å². The van der Waals surface area contributed by atoms with Crippen molar-refractivity contribution in [2.75, 3.05) is 5.75 Å². The monoisotopic (exact) mass is 233 g/mol. The van der Waals surface area contributed by atoms with Gasteiger partial charge in [0.1, 0.15) is 0 Å². The number of hydrogen-bond donors (Lipinski definition) is 1. The second-order valence-electron chi connectivity index (χ2n) is 4.81. The van der Waals surface area contributed by atoms with Gasteiger partial charge in [-0.25, -0.2) is 13.1 Å². The lowest BCUT2D eigenvalue weighted by Crippen LogP contribution is -2.44. The Bertz CT molecular complexity index is 287. The molecule has 1 rings (SSSR count). The van der Waals surface area contributed by atoms with Crippen LogP contribution in [-0.2, 0) is 10.0 Å². The summed E-state index contributed by atoms with van der Waals surface area (Å²) >= 11 is 0. The third kappa shape index (κ3) is 3.76. The summed E-state index contributed by atoms with van der Waals surface area (Å²) in [5.41, 5.74) is 0. The van der Waals surface area contributed by atoms with Crippen molar-refractivity contribution in [1.82, 2.24) is 4.72 Å². The van der Waals surface area contributed by atoms with Crippen LogP contribution < -0.4 is 4.72 Å². The van der Waals surface area contributed by atoms with Crippen LogP contribution in [0, 0.1) is 11.8 Å². The maximum absolute atomic E-state index is 11.6. The Morgan fingerprint density at radius 3 is 2.53 bits per heavy atom. The highest BCUT2D eigenvalue weighted by molar-refractivity contribution is 7.89. The van der Waals surface area contributed by atoms with Gasteiger partial charge in [0.05, 0.1) is 5.75 Å². The van der Waals surface area contributed by atoms with E-state index in [-0.39, 0.29) is 11.8 Å². The van der Waals surface area contributed by atoms with Gasteiger partial charge in [-0.15, -0.1) is 0 Å². The Morgan fingerprint density at radius 1 is 1.27 bits per heavy atom. The molecule has 1 saturated carbocycles. The van der Waals surface area contributed by atoms with E-state index in [0.29, 0.717) is 18.3 Å². The minimum atomic E-state index is -3.04. The van der Waals surface area contributed by atoms with Gasteiger partial charge in [0, 0.05) is 6.04 Å². The molecule has 0 aromatic rings. The van der Waals surface area contributed by atoms with E-state index in [9.17, 15) is 8.42 Å². The topological polar surface area (TPSA) is 46.2 Å². The summed E-state index contributed by atoms with van der Waals surface area (Å²) in [6.07, 6.45) is 4.05. The fraction of sp³-hybridized carbons (Fsp3) is 1.00. The van der Waals surface area contributed by atoms with E-state index in [0.717, 1.165) is 12.8 Å². The lowest BCUT2D eigenvalue weighted by molar-refractivity contribution is 0.227. The van der Waals surface area contributed by atoms with Gasteiger partial charge in [-0.1, -0.05) is 33.6 Å². The minimum absolute atomic E-state index is 0.158. The highest BCUT2D eigenvalue weighted by Gasteiger charge is 2.29. The Kier molecular flexibility index (Phi) is 4.59. The maximum atomic E-state index is 11.6. The third-order valence-electron chi connectivity index (χ3n) is 3.51. The molecule has 1 aliphatic rings. The summed E-state index contributed by atoms with van der Waals surface area (Å²) in [5, 5.41) is 0. The molecular formula is C11H23NO2S. The van der Waals surface area contributed by atoms with Crippen LogP contribution in [0.2, 0.25) is 0 Å². The van der Waals surface area contributed by atoms with E-state index >= 15 is 0 Å². The molecule has 0 radical (unpaired) electrons. The highest BCUT2D eigenvalue weighted by atomic mass is 32.2. The van der Waals surface area contributed by atoms with Crippen LogP contribution in [0.3, 0.4) is 0 Å². The van der Waals surface area contributed by atoms with Gasteiger partial charge in [0.25, 0.3) is 0 Å². The first-order chi connectivity index (χ1) is 6.96.